The lowest BCUT2D eigenvalue weighted by Crippen LogP contribution is -2.36. The maximum absolute atomic E-state index is 12.7. The average molecular weight is 581 g/mol. The molecule has 1 fully saturated rings. The zero-order chi connectivity index (χ0) is 29.8. The van der Waals surface area contributed by atoms with Gasteiger partial charge in [-0.2, -0.15) is 0 Å². The number of para-hydroxylation sites is 2. The van der Waals surface area contributed by atoms with Gasteiger partial charge >= 0.3 is 0 Å². The van der Waals surface area contributed by atoms with Crippen molar-refractivity contribution in [3.05, 3.63) is 78.6 Å². The Kier molecular flexibility index (Phi) is 7.92. The highest BCUT2D eigenvalue weighted by Gasteiger charge is 2.21. The van der Waals surface area contributed by atoms with E-state index in [1.165, 1.54) is 13.4 Å². The number of ether oxygens (including phenoxy) is 3. The van der Waals surface area contributed by atoms with Gasteiger partial charge in [-0.1, -0.05) is 12.1 Å². The van der Waals surface area contributed by atoms with Crippen LogP contribution < -0.4 is 30.3 Å². The zero-order valence-corrected chi connectivity index (χ0v) is 24.1. The Balaban J connectivity index is 1.35. The number of morpholine rings is 1. The number of hydrogen-bond acceptors (Lipinski definition) is 10. The van der Waals surface area contributed by atoms with Crippen LogP contribution in [0.4, 0.5) is 28.8 Å². The van der Waals surface area contributed by atoms with Crippen LogP contribution in [0.2, 0.25) is 0 Å². The summed E-state index contributed by atoms with van der Waals surface area (Å²) in [5.74, 6) is 2.20. The SMILES string of the molecule is CNC(=O)c1cc(OC)cc(Nc2nc3ccccc3n2-c2cc(Nc3ccc(N4CCOCC4)cc3)ncn2)c1OC. The van der Waals surface area contributed by atoms with Gasteiger partial charge in [-0.25, -0.2) is 15.0 Å². The number of carbonyl (C=O) groups excluding carboxylic acids is 1. The van der Waals surface area contributed by atoms with Crippen molar-refractivity contribution >= 4 is 45.8 Å². The molecule has 1 amide bonds. The van der Waals surface area contributed by atoms with Gasteiger partial charge in [-0.15, -0.1) is 0 Å². The molecule has 0 unspecified atom stereocenters. The lowest BCUT2D eigenvalue weighted by molar-refractivity contribution is 0.0959. The Hall–Kier alpha value is -5.36. The Morgan fingerprint density at radius 2 is 1.72 bits per heavy atom. The maximum atomic E-state index is 12.7. The lowest BCUT2D eigenvalue weighted by Gasteiger charge is -2.28. The molecule has 6 rings (SSSR count). The van der Waals surface area contributed by atoms with Crippen molar-refractivity contribution in [1.29, 1.82) is 0 Å². The first-order chi connectivity index (χ1) is 21.1. The smallest absolute Gasteiger partial charge is 0.255 e. The van der Waals surface area contributed by atoms with E-state index in [2.05, 4.69) is 43.0 Å². The molecule has 1 aliphatic heterocycles. The third-order valence-electron chi connectivity index (χ3n) is 7.18. The summed E-state index contributed by atoms with van der Waals surface area (Å²) in [5, 5.41) is 9.39. The molecule has 1 aliphatic rings. The molecule has 220 valence electrons. The normalized spacial score (nSPS) is 13.0. The molecule has 3 N–H and O–H groups in total. The number of methoxy groups -OCH3 is 2. The van der Waals surface area contributed by atoms with Crippen LogP contribution in [-0.4, -0.2) is 73.0 Å². The van der Waals surface area contributed by atoms with Crippen molar-refractivity contribution in [2.24, 2.45) is 0 Å². The van der Waals surface area contributed by atoms with E-state index in [0.717, 1.165) is 48.7 Å². The first-order valence-corrected chi connectivity index (χ1v) is 13.8. The van der Waals surface area contributed by atoms with Crippen LogP contribution in [0.1, 0.15) is 10.4 Å². The van der Waals surface area contributed by atoms with E-state index in [0.29, 0.717) is 40.3 Å². The summed E-state index contributed by atoms with van der Waals surface area (Å²) in [6, 6.07) is 21.2. The minimum Gasteiger partial charge on any atom is -0.497 e. The fraction of sp³-hybridized carbons (Fsp3) is 0.226. The Morgan fingerprint density at radius 1 is 0.930 bits per heavy atom. The second-order valence-electron chi connectivity index (χ2n) is 9.75. The van der Waals surface area contributed by atoms with Crippen molar-refractivity contribution in [2.45, 2.75) is 0 Å². The average Bonchev–Trinajstić information content (AvgIpc) is 3.42. The van der Waals surface area contributed by atoms with Gasteiger partial charge in [-0.05, 0) is 42.5 Å². The third kappa shape index (κ3) is 5.72. The number of aromatic nitrogens is 4. The highest BCUT2D eigenvalue weighted by molar-refractivity contribution is 5.99. The quantitative estimate of drug-likeness (QED) is 0.229. The van der Waals surface area contributed by atoms with E-state index in [1.807, 2.05) is 47.0 Å². The van der Waals surface area contributed by atoms with E-state index in [-0.39, 0.29) is 5.91 Å². The molecular weight excluding hydrogens is 548 g/mol. The van der Waals surface area contributed by atoms with Crippen LogP contribution in [0.3, 0.4) is 0 Å². The first kappa shape index (κ1) is 27.8. The van der Waals surface area contributed by atoms with E-state index < -0.39 is 0 Å². The fourth-order valence-electron chi connectivity index (χ4n) is 5.06. The van der Waals surface area contributed by atoms with Crippen LogP contribution in [0.5, 0.6) is 11.5 Å². The van der Waals surface area contributed by atoms with Gasteiger partial charge < -0.3 is 35.1 Å². The molecule has 1 saturated heterocycles. The van der Waals surface area contributed by atoms with Crippen molar-refractivity contribution in [3.8, 4) is 17.3 Å². The Bertz CT molecular complexity index is 1750. The van der Waals surface area contributed by atoms with Gasteiger partial charge in [0.1, 0.15) is 23.7 Å². The van der Waals surface area contributed by atoms with Gasteiger partial charge in [0.2, 0.25) is 5.95 Å². The molecule has 0 atom stereocenters. The van der Waals surface area contributed by atoms with Crippen LogP contribution in [0.25, 0.3) is 16.9 Å². The van der Waals surface area contributed by atoms with Gasteiger partial charge in [0.05, 0.1) is 49.7 Å². The molecule has 43 heavy (non-hydrogen) atoms. The van der Waals surface area contributed by atoms with Crippen LogP contribution in [-0.2, 0) is 4.74 Å². The summed E-state index contributed by atoms with van der Waals surface area (Å²) >= 11 is 0. The van der Waals surface area contributed by atoms with Gasteiger partial charge in [0, 0.05) is 43.6 Å². The molecular formula is C31H32N8O4. The molecule has 3 aromatic carbocycles. The molecule has 0 saturated carbocycles. The predicted octanol–water partition coefficient (Wildman–Crippen LogP) is 4.52. The molecule has 0 spiro atoms. The lowest BCUT2D eigenvalue weighted by atomic mass is 10.1. The highest BCUT2D eigenvalue weighted by Crippen LogP contribution is 2.37. The van der Waals surface area contributed by atoms with Gasteiger partial charge in [-0.3, -0.25) is 9.36 Å². The number of anilines is 5. The fourth-order valence-corrected chi connectivity index (χ4v) is 5.06. The van der Waals surface area contributed by atoms with Gasteiger partial charge in [0.25, 0.3) is 5.91 Å². The van der Waals surface area contributed by atoms with Crippen molar-refractivity contribution in [3.63, 3.8) is 0 Å². The monoisotopic (exact) mass is 580 g/mol. The second-order valence-corrected chi connectivity index (χ2v) is 9.75. The number of fused-ring (bicyclic) bond motifs is 1. The van der Waals surface area contributed by atoms with E-state index in [4.69, 9.17) is 19.2 Å². The third-order valence-corrected chi connectivity index (χ3v) is 7.18. The summed E-state index contributed by atoms with van der Waals surface area (Å²) < 4.78 is 18.5. The number of imidazole rings is 1. The Morgan fingerprint density at radius 3 is 2.47 bits per heavy atom. The summed E-state index contributed by atoms with van der Waals surface area (Å²) in [6.45, 7) is 3.24. The highest BCUT2D eigenvalue weighted by atomic mass is 16.5. The van der Waals surface area contributed by atoms with Gasteiger partial charge in [0.15, 0.2) is 5.75 Å². The predicted molar refractivity (Wildman–Crippen MR) is 166 cm³/mol. The minimum atomic E-state index is -0.309. The standard InChI is InChI=1S/C31H32N8O4/c1-32-30(40)23-16-22(41-2)17-25(29(23)42-3)37-31-36-24-6-4-5-7-26(24)39(31)28-18-27(33-19-34-28)35-20-8-10-21(11-9-20)38-12-14-43-15-13-38/h4-11,16-19H,12-15H2,1-3H3,(H,32,40)(H,36,37)(H,33,34,35). The summed E-state index contributed by atoms with van der Waals surface area (Å²) in [6.07, 6.45) is 1.51. The number of nitrogens with zero attached hydrogens (tertiary/aromatic N) is 5. The van der Waals surface area contributed by atoms with E-state index in [9.17, 15) is 4.79 Å². The molecule has 0 bridgehead atoms. The second kappa shape index (κ2) is 12.2. The van der Waals surface area contributed by atoms with Crippen molar-refractivity contribution < 1.29 is 19.0 Å². The summed E-state index contributed by atoms with van der Waals surface area (Å²) in [7, 11) is 4.62. The minimum absolute atomic E-state index is 0.309. The largest absolute Gasteiger partial charge is 0.497 e. The number of rotatable bonds is 9. The van der Waals surface area contributed by atoms with E-state index in [1.54, 1.807) is 26.3 Å². The van der Waals surface area contributed by atoms with Crippen LogP contribution in [0, 0.1) is 0 Å². The molecule has 12 heteroatoms. The maximum Gasteiger partial charge on any atom is 0.255 e. The molecule has 5 aromatic rings. The zero-order valence-electron chi connectivity index (χ0n) is 24.1. The number of amides is 1. The first-order valence-electron chi connectivity index (χ1n) is 13.8. The topological polar surface area (TPSA) is 128 Å². The van der Waals surface area contributed by atoms with Crippen molar-refractivity contribution in [1.82, 2.24) is 24.8 Å². The Labute approximate surface area is 248 Å². The molecule has 3 heterocycles. The summed E-state index contributed by atoms with van der Waals surface area (Å²) in [4.78, 5) is 28.8. The number of hydrogen-bond donors (Lipinski definition) is 3. The van der Waals surface area contributed by atoms with E-state index >= 15 is 0 Å². The van der Waals surface area contributed by atoms with Crippen molar-refractivity contribution in [2.75, 3.05) is 63.1 Å². The number of carbonyl (C=O) groups is 1. The molecule has 0 aliphatic carbocycles. The van der Waals surface area contributed by atoms with Crippen LogP contribution >= 0.6 is 0 Å². The molecule has 2 aromatic heterocycles. The van der Waals surface area contributed by atoms with Crippen LogP contribution in [0.15, 0.2) is 73.1 Å². The number of nitrogens with one attached hydrogen (secondary N) is 3. The summed E-state index contributed by atoms with van der Waals surface area (Å²) in [5.41, 5.74) is 4.47. The molecule has 12 nitrogen and oxygen atoms in total. The number of benzene rings is 3. The molecule has 0 radical (unpaired) electrons.